The fraction of sp³-hybridized carbons (Fsp3) is 0.300. The lowest BCUT2D eigenvalue weighted by molar-refractivity contribution is -0.0804. The van der Waals surface area contributed by atoms with E-state index in [9.17, 15) is 9.18 Å². The quantitative estimate of drug-likeness (QED) is 0.680. The van der Waals surface area contributed by atoms with Gasteiger partial charge in [0.2, 0.25) is 0 Å². The zero-order valence-electron chi connectivity index (χ0n) is 14.6. The van der Waals surface area contributed by atoms with E-state index in [1.54, 1.807) is 12.1 Å². The van der Waals surface area contributed by atoms with Gasteiger partial charge in [0.05, 0.1) is 30.5 Å². The lowest BCUT2D eigenvalue weighted by atomic mass is 10.0. The average Bonchev–Trinajstić information content (AvgIpc) is 3.42. The molecule has 7 heteroatoms. The highest BCUT2D eigenvalue weighted by atomic mass is 32.1. The van der Waals surface area contributed by atoms with Gasteiger partial charge >= 0.3 is 0 Å². The molecule has 0 aliphatic carbocycles. The molecule has 1 fully saturated rings. The van der Waals surface area contributed by atoms with Crippen LogP contribution in [0, 0.1) is 5.82 Å². The number of benzene rings is 1. The van der Waals surface area contributed by atoms with Gasteiger partial charge in [-0.3, -0.25) is 4.79 Å². The number of hydrogen-bond acceptors (Lipinski definition) is 4. The van der Waals surface area contributed by atoms with Crippen LogP contribution in [0.25, 0.3) is 11.3 Å². The van der Waals surface area contributed by atoms with Crippen LogP contribution in [0.4, 0.5) is 4.39 Å². The molecule has 1 unspecified atom stereocenters. The van der Waals surface area contributed by atoms with Gasteiger partial charge in [-0.15, -0.1) is 0 Å². The Kier molecular flexibility index (Phi) is 3.87. The third-order valence-electron chi connectivity index (χ3n) is 5.40. The number of imidazole rings is 1. The van der Waals surface area contributed by atoms with Gasteiger partial charge in [-0.05, 0) is 47.7 Å². The minimum absolute atomic E-state index is 0.0620. The summed E-state index contributed by atoms with van der Waals surface area (Å²) in [6.07, 6.45) is 2.61. The SMILES string of the molecule is O=C(c1ccsc1)N1CCC2(C1)Cn1c(-c3ccc(F)cc3)cnc1CO2. The summed E-state index contributed by atoms with van der Waals surface area (Å²) in [5, 5.41) is 3.80. The molecule has 1 aromatic carbocycles. The van der Waals surface area contributed by atoms with E-state index in [0.717, 1.165) is 29.1 Å². The van der Waals surface area contributed by atoms with Crippen LogP contribution in [0.1, 0.15) is 22.6 Å². The van der Waals surface area contributed by atoms with Gasteiger partial charge in [-0.25, -0.2) is 9.37 Å². The summed E-state index contributed by atoms with van der Waals surface area (Å²) in [6.45, 7) is 2.32. The lowest BCUT2D eigenvalue weighted by Gasteiger charge is -2.35. The molecule has 1 saturated heterocycles. The number of carbonyl (C=O) groups excluding carboxylic acids is 1. The van der Waals surface area contributed by atoms with Crippen molar-refractivity contribution in [2.75, 3.05) is 13.1 Å². The molecule has 0 bridgehead atoms. The topological polar surface area (TPSA) is 47.4 Å². The molecule has 0 radical (unpaired) electrons. The van der Waals surface area contributed by atoms with Gasteiger partial charge in [0.1, 0.15) is 23.8 Å². The second-order valence-corrected chi connectivity index (χ2v) is 7.89. The molecular weight excluding hydrogens is 365 g/mol. The van der Waals surface area contributed by atoms with Gasteiger partial charge in [0.15, 0.2) is 0 Å². The average molecular weight is 383 g/mol. The smallest absolute Gasteiger partial charge is 0.254 e. The van der Waals surface area contributed by atoms with Crippen LogP contribution in [-0.2, 0) is 17.9 Å². The summed E-state index contributed by atoms with van der Waals surface area (Å²) in [5.74, 6) is 0.671. The van der Waals surface area contributed by atoms with Crippen molar-refractivity contribution >= 4 is 17.2 Å². The van der Waals surface area contributed by atoms with Gasteiger partial charge < -0.3 is 14.2 Å². The fourth-order valence-electron chi connectivity index (χ4n) is 3.94. The van der Waals surface area contributed by atoms with E-state index < -0.39 is 5.60 Å². The summed E-state index contributed by atoms with van der Waals surface area (Å²) in [7, 11) is 0. The van der Waals surface area contributed by atoms with Crippen LogP contribution < -0.4 is 0 Å². The third kappa shape index (κ3) is 2.87. The number of halogens is 1. The summed E-state index contributed by atoms with van der Waals surface area (Å²) in [4.78, 5) is 19.0. The van der Waals surface area contributed by atoms with E-state index in [2.05, 4.69) is 9.55 Å². The van der Waals surface area contributed by atoms with Crippen molar-refractivity contribution < 1.29 is 13.9 Å². The maximum Gasteiger partial charge on any atom is 0.254 e. The number of nitrogens with zero attached hydrogens (tertiary/aromatic N) is 3. The summed E-state index contributed by atoms with van der Waals surface area (Å²) in [6, 6.07) is 8.31. The number of carbonyl (C=O) groups is 1. The predicted octanol–water partition coefficient (Wildman–Crippen LogP) is 3.57. The third-order valence-corrected chi connectivity index (χ3v) is 6.09. The fourth-order valence-corrected chi connectivity index (χ4v) is 4.57. The molecule has 1 spiro atoms. The highest BCUT2D eigenvalue weighted by Crippen LogP contribution is 2.35. The number of ether oxygens (including phenoxy) is 1. The number of likely N-dealkylation sites (tertiary alicyclic amines) is 1. The first-order valence-corrected chi connectivity index (χ1v) is 9.84. The Morgan fingerprint density at radius 3 is 2.85 bits per heavy atom. The normalized spacial score (nSPS) is 21.6. The predicted molar refractivity (Wildman–Crippen MR) is 100.0 cm³/mol. The molecule has 138 valence electrons. The Morgan fingerprint density at radius 2 is 2.07 bits per heavy atom. The Bertz CT molecular complexity index is 983. The second-order valence-electron chi connectivity index (χ2n) is 7.11. The standard InChI is InChI=1S/C20H18FN3O2S/c21-16-3-1-14(2-4-16)17-9-22-18-10-26-20(13-24(17)18)6-7-23(12-20)19(25)15-5-8-27-11-15/h1-5,8-9,11H,6-7,10,12-13H2. The monoisotopic (exact) mass is 383 g/mol. The Balaban J connectivity index is 1.40. The molecule has 1 atom stereocenters. The van der Waals surface area contributed by atoms with Crippen molar-refractivity contribution in [3.05, 3.63) is 64.5 Å². The van der Waals surface area contributed by atoms with Crippen LogP contribution in [-0.4, -0.2) is 39.0 Å². The van der Waals surface area contributed by atoms with Gasteiger partial charge in [0.25, 0.3) is 5.91 Å². The number of amides is 1. The number of hydrogen-bond donors (Lipinski definition) is 0. The molecule has 3 aromatic rings. The van der Waals surface area contributed by atoms with E-state index in [1.165, 1.54) is 23.5 Å². The number of aromatic nitrogens is 2. The van der Waals surface area contributed by atoms with Crippen molar-refractivity contribution in [2.24, 2.45) is 0 Å². The molecule has 1 amide bonds. The van der Waals surface area contributed by atoms with Crippen LogP contribution in [0.2, 0.25) is 0 Å². The maximum atomic E-state index is 13.3. The Hall–Kier alpha value is -2.51. The first kappa shape index (κ1) is 16.6. The van der Waals surface area contributed by atoms with Crippen LogP contribution in [0.15, 0.2) is 47.3 Å². The molecule has 5 rings (SSSR count). The molecule has 0 N–H and O–H groups in total. The maximum absolute atomic E-state index is 13.3. The minimum atomic E-state index is -0.395. The molecule has 2 aromatic heterocycles. The van der Waals surface area contributed by atoms with Crippen molar-refractivity contribution in [3.8, 4) is 11.3 Å². The molecule has 0 saturated carbocycles. The van der Waals surface area contributed by atoms with Crippen molar-refractivity contribution in [1.29, 1.82) is 0 Å². The van der Waals surface area contributed by atoms with E-state index >= 15 is 0 Å². The molecular formula is C20H18FN3O2S. The zero-order chi connectivity index (χ0) is 18.4. The number of fused-ring (bicyclic) bond motifs is 1. The minimum Gasteiger partial charge on any atom is -0.363 e. The van der Waals surface area contributed by atoms with Gasteiger partial charge in [-0.2, -0.15) is 11.3 Å². The van der Waals surface area contributed by atoms with E-state index in [-0.39, 0.29) is 11.7 Å². The number of thiophene rings is 1. The highest BCUT2D eigenvalue weighted by molar-refractivity contribution is 7.08. The largest absolute Gasteiger partial charge is 0.363 e. The number of rotatable bonds is 2. The van der Waals surface area contributed by atoms with Crippen molar-refractivity contribution in [2.45, 2.75) is 25.2 Å². The zero-order valence-corrected chi connectivity index (χ0v) is 15.4. The van der Waals surface area contributed by atoms with Gasteiger partial charge in [-0.1, -0.05) is 0 Å². The Morgan fingerprint density at radius 1 is 1.22 bits per heavy atom. The van der Waals surface area contributed by atoms with E-state index in [0.29, 0.717) is 26.2 Å². The summed E-state index contributed by atoms with van der Waals surface area (Å²) < 4.78 is 21.6. The molecule has 5 nitrogen and oxygen atoms in total. The second kappa shape index (κ2) is 6.28. The highest BCUT2D eigenvalue weighted by Gasteiger charge is 2.44. The van der Waals surface area contributed by atoms with Crippen LogP contribution in [0.5, 0.6) is 0 Å². The molecule has 2 aliphatic rings. The molecule has 27 heavy (non-hydrogen) atoms. The Labute approximate surface area is 160 Å². The molecule has 4 heterocycles. The van der Waals surface area contributed by atoms with Gasteiger partial charge in [0, 0.05) is 11.9 Å². The van der Waals surface area contributed by atoms with E-state index in [4.69, 9.17) is 4.74 Å². The lowest BCUT2D eigenvalue weighted by Crippen LogP contribution is -2.45. The van der Waals surface area contributed by atoms with Crippen LogP contribution in [0.3, 0.4) is 0 Å². The first-order valence-electron chi connectivity index (χ1n) is 8.89. The summed E-state index contributed by atoms with van der Waals surface area (Å²) >= 11 is 1.53. The van der Waals surface area contributed by atoms with Crippen LogP contribution >= 0.6 is 11.3 Å². The van der Waals surface area contributed by atoms with Crippen molar-refractivity contribution in [3.63, 3.8) is 0 Å². The summed E-state index contributed by atoms with van der Waals surface area (Å²) in [5.41, 5.74) is 2.23. The van der Waals surface area contributed by atoms with Crippen molar-refractivity contribution in [1.82, 2.24) is 14.5 Å². The molecule has 2 aliphatic heterocycles. The van der Waals surface area contributed by atoms with E-state index in [1.807, 2.05) is 27.9 Å². The first-order chi connectivity index (χ1) is 13.1.